The molecule has 0 unspecified atom stereocenters. The molecule has 19 heavy (non-hydrogen) atoms. The van der Waals surface area contributed by atoms with Crippen molar-refractivity contribution in [2.75, 3.05) is 32.1 Å². The minimum absolute atomic E-state index is 0.406. The number of hydrogen-bond acceptors (Lipinski definition) is 4. The first-order valence-electron chi connectivity index (χ1n) is 6.76. The van der Waals surface area contributed by atoms with E-state index in [1.54, 1.807) is 18.3 Å². The fraction of sp³-hybridized carbons (Fsp3) is 0.571. The Balaban J connectivity index is 2.16. The maximum absolute atomic E-state index is 11.5. The lowest BCUT2D eigenvalue weighted by atomic mass is 10.1. The molecular formula is C14H22N4O. The van der Waals surface area contributed by atoms with Crippen LogP contribution in [0.25, 0.3) is 0 Å². The first kappa shape index (κ1) is 13.8. The van der Waals surface area contributed by atoms with Crippen molar-refractivity contribution in [2.45, 2.75) is 25.3 Å². The molecule has 2 heterocycles. The van der Waals surface area contributed by atoms with Gasteiger partial charge in [-0.05, 0) is 45.5 Å². The number of hydrogen-bond donors (Lipinski definition) is 1. The molecule has 0 radical (unpaired) electrons. The minimum Gasteiger partial charge on any atom is -0.365 e. The molecule has 5 nitrogen and oxygen atoms in total. The van der Waals surface area contributed by atoms with Gasteiger partial charge in [-0.15, -0.1) is 0 Å². The Hall–Kier alpha value is -1.62. The molecule has 1 saturated heterocycles. The van der Waals surface area contributed by atoms with Crippen LogP contribution in [-0.2, 0) is 0 Å². The van der Waals surface area contributed by atoms with E-state index in [9.17, 15) is 4.79 Å². The Kier molecular flexibility index (Phi) is 4.37. The lowest BCUT2D eigenvalue weighted by Crippen LogP contribution is -2.31. The summed E-state index contributed by atoms with van der Waals surface area (Å²) < 4.78 is 0. The van der Waals surface area contributed by atoms with Crippen molar-refractivity contribution in [1.82, 2.24) is 9.88 Å². The van der Waals surface area contributed by atoms with E-state index in [1.807, 2.05) is 0 Å². The smallest absolute Gasteiger partial charge is 0.252 e. The van der Waals surface area contributed by atoms with Crippen LogP contribution in [0.4, 0.5) is 5.82 Å². The van der Waals surface area contributed by atoms with E-state index in [0.29, 0.717) is 11.6 Å². The first-order valence-corrected chi connectivity index (χ1v) is 6.76. The van der Waals surface area contributed by atoms with Crippen LogP contribution in [0.1, 0.15) is 29.6 Å². The molecule has 1 aliphatic heterocycles. The van der Waals surface area contributed by atoms with Gasteiger partial charge in [0, 0.05) is 25.3 Å². The Bertz CT molecular complexity index is 447. The van der Waals surface area contributed by atoms with Crippen LogP contribution in [0.2, 0.25) is 0 Å². The first-order chi connectivity index (χ1) is 9.09. The normalized spacial score (nSPS) is 20.4. The second-order valence-corrected chi connectivity index (χ2v) is 5.27. The average molecular weight is 262 g/mol. The summed E-state index contributed by atoms with van der Waals surface area (Å²) in [6.45, 7) is 1.85. The summed E-state index contributed by atoms with van der Waals surface area (Å²) in [4.78, 5) is 20.3. The summed E-state index contributed by atoms with van der Waals surface area (Å²) in [5.41, 5.74) is 5.94. The van der Waals surface area contributed by atoms with Crippen molar-refractivity contribution in [3.05, 3.63) is 23.9 Å². The number of carbonyl (C=O) groups excluding carboxylic acids is 1. The number of carbonyl (C=O) groups is 1. The van der Waals surface area contributed by atoms with Gasteiger partial charge in [0.05, 0.1) is 5.56 Å². The van der Waals surface area contributed by atoms with E-state index in [0.717, 1.165) is 31.7 Å². The van der Waals surface area contributed by atoms with Crippen LogP contribution in [0.15, 0.2) is 18.3 Å². The van der Waals surface area contributed by atoms with Gasteiger partial charge < -0.3 is 15.5 Å². The molecular weight excluding hydrogens is 240 g/mol. The van der Waals surface area contributed by atoms with Crippen molar-refractivity contribution in [3.8, 4) is 0 Å². The number of aromatic nitrogens is 1. The standard InChI is InChI=1S/C14H22N4O/c1-17(2)11-5-4-9-18(10-7-11)14-12(13(15)19)6-3-8-16-14/h3,6,8,11H,4-5,7,9-10H2,1-2H3,(H2,15,19)/t11-/m1/s1. The molecule has 0 saturated carbocycles. The maximum Gasteiger partial charge on any atom is 0.252 e. The van der Waals surface area contributed by atoms with Crippen LogP contribution in [0.3, 0.4) is 0 Å². The number of amides is 1. The van der Waals surface area contributed by atoms with Gasteiger partial charge >= 0.3 is 0 Å². The van der Waals surface area contributed by atoms with E-state index in [2.05, 4.69) is 28.9 Å². The Morgan fingerprint density at radius 3 is 2.89 bits per heavy atom. The van der Waals surface area contributed by atoms with Gasteiger partial charge in [-0.2, -0.15) is 0 Å². The van der Waals surface area contributed by atoms with E-state index in [1.165, 1.54) is 6.42 Å². The zero-order valence-electron chi connectivity index (χ0n) is 11.7. The molecule has 1 fully saturated rings. The average Bonchev–Trinajstić information content (AvgIpc) is 2.64. The Morgan fingerprint density at radius 1 is 1.42 bits per heavy atom. The van der Waals surface area contributed by atoms with Crippen molar-refractivity contribution in [2.24, 2.45) is 5.73 Å². The van der Waals surface area contributed by atoms with Crippen molar-refractivity contribution >= 4 is 11.7 Å². The van der Waals surface area contributed by atoms with Gasteiger partial charge in [-0.1, -0.05) is 0 Å². The number of pyridine rings is 1. The quantitative estimate of drug-likeness (QED) is 0.886. The maximum atomic E-state index is 11.5. The molecule has 5 heteroatoms. The fourth-order valence-electron chi connectivity index (χ4n) is 2.65. The zero-order chi connectivity index (χ0) is 13.8. The molecule has 1 aromatic heterocycles. The summed E-state index contributed by atoms with van der Waals surface area (Å²) in [6, 6.07) is 4.11. The minimum atomic E-state index is -0.406. The topological polar surface area (TPSA) is 62.5 Å². The lowest BCUT2D eigenvalue weighted by molar-refractivity contribution is 0.100. The van der Waals surface area contributed by atoms with Crippen molar-refractivity contribution < 1.29 is 4.79 Å². The second-order valence-electron chi connectivity index (χ2n) is 5.27. The van der Waals surface area contributed by atoms with Crippen LogP contribution >= 0.6 is 0 Å². The van der Waals surface area contributed by atoms with E-state index in [-0.39, 0.29) is 0 Å². The van der Waals surface area contributed by atoms with Gasteiger partial charge in [0.25, 0.3) is 5.91 Å². The van der Waals surface area contributed by atoms with Gasteiger partial charge in [0.1, 0.15) is 5.82 Å². The van der Waals surface area contributed by atoms with Gasteiger partial charge in [0.2, 0.25) is 0 Å². The number of nitrogens with two attached hydrogens (primary N) is 1. The van der Waals surface area contributed by atoms with Crippen molar-refractivity contribution in [3.63, 3.8) is 0 Å². The molecule has 2 N–H and O–H groups in total. The van der Waals surface area contributed by atoms with Crippen LogP contribution in [-0.4, -0.2) is 49.0 Å². The molecule has 0 bridgehead atoms. The summed E-state index contributed by atoms with van der Waals surface area (Å²) >= 11 is 0. The predicted octanol–water partition coefficient (Wildman–Crippen LogP) is 1.10. The Morgan fingerprint density at radius 2 is 2.21 bits per heavy atom. The number of anilines is 1. The monoisotopic (exact) mass is 262 g/mol. The molecule has 1 aliphatic rings. The van der Waals surface area contributed by atoms with E-state index in [4.69, 9.17) is 5.73 Å². The molecule has 1 amide bonds. The van der Waals surface area contributed by atoms with Crippen molar-refractivity contribution in [1.29, 1.82) is 0 Å². The summed E-state index contributed by atoms with van der Waals surface area (Å²) in [5.74, 6) is 0.325. The highest BCUT2D eigenvalue weighted by Crippen LogP contribution is 2.22. The van der Waals surface area contributed by atoms with E-state index < -0.39 is 5.91 Å². The predicted molar refractivity (Wildman–Crippen MR) is 76.3 cm³/mol. The SMILES string of the molecule is CN(C)[C@@H]1CCCN(c2ncccc2C(N)=O)CC1. The highest BCUT2D eigenvalue weighted by atomic mass is 16.1. The van der Waals surface area contributed by atoms with Gasteiger partial charge in [0.15, 0.2) is 0 Å². The number of nitrogens with zero attached hydrogens (tertiary/aromatic N) is 3. The van der Waals surface area contributed by atoms with E-state index >= 15 is 0 Å². The third-order valence-electron chi connectivity index (χ3n) is 3.78. The van der Waals surface area contributed by atoms with Crippen LogP contribution in [0.5, 0.6) is 0 Å². The lowest BCUT2D eigenvalue weighted by Gasteiger charge is -2.24. The van der Waals surface area contributed by atoms with Crippen LogP contribution in [0, 0.1) is 0 Å². The molecule has 1 aromatic rings. The summed E-state index contributed by atoms with van der Waals surface area (Å²) in [7, 11) is 4.24. The molecule has 0 aliphatic carbocycles. The van der Waals surface area contributed by atoms with Gasteiger partial charge in [-0.3, -0.25) is 4.79 Å². The molecule has 0 aromatic carbocycles. The summed E-state index contributed by atoms with van der Waals surface area (Å²) in [5, 5.41) is 0. The summed E-state index contributed by atoms with van der Waals surface area (Å²) in [6.07, 6.45) is 5.09. The molecule has 1 atom stereocenters. The molecule has 104 valence electrons. The van der Waals surface area contributed by atoms with Gasteiger partial charge in [-0.25, -0.2) is 4.98 Å². The number of primary amides is 1. The highest BCUT2D eigenvalue weighted by Gasteiger charge is 2.21. The third-order valence-corrected chi connectivity index (χ3v) is 3.78. The Labute approximate surface area is 114 Å². The molecule has 0 spiro atoms. The number of rotatable bonds is 3. The zero-order valence-corrected chi connectivity index (χ0v) is 11.7. The third kappa shape index (κ3) is 3.23. The fourth-order valence-corrected chi connectivity index (χ4v) is 2.65. The largest absolute Gasteiger partial charge is 0.365 e. The molecule has 2 rings (SSSR count). The second kappa shape index (κ2) is 6.02. The highest BCUT2D eigenvalue weighted by molar-refractivity contribution is 5.97. The van der Waals surface area contributed by atoms with Crippen LogP contribution < -0.4 is 10.6 Å².